The van der Waals surface area contributed by atoms with Crippen molar-refractivity contribution in [3.05, 3.63) is 81.7 Å². The highest BCUT2D eigenvalue weighted by molar-refractivity contribution is 14.1. The van der Waals surface area contributed by atoms with Crippen LogP contribution in [0.4, 0.5) is 5.69 Å². The number of halogens is 1. The molecule has 1 aromatic heterocycles. The van der Waals surface area contributed by atoms with Crippen molar-refractivity contribution < 1.29 is 9.59 Å². The number of nitrogens with one attached hydrogen (secondary N) is 1. The number of amides is 2. The Morgan fingerprint density at radius 3 is 2.68 bits per heavy atom. The van der Waals surface area contributed by atoms with Crippen molar-refractivity contribution in [2.24, 2.45) is 0 Å². The minimum atomic E-state index is -0.294. The molecule has 0 bridgehead atoms. The summed E-state index contributed by atoms with van der Waals surface area (Å²) in [5, 5.41) is 2.77. The van der Waals surface area contributed by atoms with Crippen LogP contribution in [-0.4, -0.2) is 34.9 Å². The lowest BCUT2D eigenvalue weighted by Gasteiger charge is -2.18. The van der Waals surface area contributed by atoms with Gasteiger partial charge in [0.15, 0.2) is 0 Å². The van der Waals surface area contributed by atoms with Gasteiger partial charge in [0.2, 0.25) is 5.91 Å². The molecule has 140 valence electrons. The second kappa shape index (κ2) is 8.76. The zero-order valence-corrected chi connectivity index (χ0v) is 17.4. The zero-order valence-electron chi connectivity index (χ0n) is 15.2. The van der Waals surface area contributed by atoms with E-state index in [0.29, 0.717) is 16.9 Å². The van der Waals surface area contributed by atoms with Gasteiger partial charge in [0, 0.05) is 33.8 Å². The molecule has 0 spiro atoms. The fourth-order valence-electron chi connectivity index (χ4n) is 2.78. The van der Waals surface area contributed by atoms with Crippen LogP contribution in [-0.2, 0) is 4.79 Å². The van der Waals surface area contributed by atoms with Crippen LogP contribution in [0.5, 0.6) is 0 Å². The number of terminal acetylenes is 1. The van der Waals surface area contributed by atoms with Gasteiger partial charge in [-0.3, -0.25) is 9.59 Å². The van der Waals surface area contributed by atoms with Crippen molar-refractivity contribution in [1.29, 1.82) is 0 Å². The summed E-state index contributed by atoms with van der Waals surface area (Å²) in [7, 11) is 1.60. The molecule has 6 heteroatoms. The van der Waals surface area contributed by atoms with Crippen LogP contribution in [0.15, 0.2) is 66.9 Å². The summed E-state index contributed by atoms with van der Waals surface area (Å²) in [4.78, 5) is 26.6. The van der Waals surface area contributed by atoms with Gasteiger partial charge in [0.25, 0.3) is 5.91 Å². The third-order valence-corrected chi connectivity index (χ3v) is 4.77. The summed E-state index contributed by atoms with van der Waals surface area (Å²) in [6, 6.07) is 18.4. The number of nitrogens with zero attached hydrogens (tertiary/aromatic N) is 2. The Labute approximate surface area is 177 Å². The van der Waals surface area contributed by atoms with Gasteiger partial charge in [-0.1, -0.05) is 18.1 Å². The maximum Gasteiger partial charge on any atom is 0.271 e. The predicted molar refractivity (Wildman–Crippen MR) is 118 cm³/mol. The molecule has 0 saturated carbocycles. The van der Waals surface area contributed by atoms with Gasteiger partial charge in [-0.25, -0.2) is 0 Å². The first kappa shape index (κ1) is 19.7. The normalized spacial score (nSPS) is 10.2. The standard InChI is InChI=1S/C22H18IN3O2/c1-3-16-7-4-9-18(13-16)24-21(27)15-25(2)22(28)20-11-6-12-26(20)19-10-5-8-17(23)14-19/h1,4-14H,15H2,2H3,(H,24,27). The monoisotopic (exact) mass is 483 g/mol. The summed E-state index contributed by atoms with van der Waals surface area (Å²) >= 11 is 2.23. The van der Waals surface area contributed by atoms with Crippen molar-refractivity contribution in [1.82, 2.24) is 9.47 Å². The van der Waals surface area contributed by atoms with Crippen LogP contribution in [0.2, 0.25) is 0 Å². The second-order valence-electron chi connectivity index (χ2n) is 6.18. The summed E-state index contributed by atoms with van der Waals surface area (Å²) < 4.78 is 2.89. The Morgan fingerprint density at radius 1 is 1.14 bits per heavy atom. The molecule has 0 aliphatic carbocycles. The van der Waals surface area contributed by atoms with E-state index >= 15 is 0 Å². The van der Waals surface area contributed by atoms with E-state index < -0.39 is 0 Å². The molecule has 0 saturated heterocycles. The Bertz CT molecular complexity index is 1070. The van der Waals surface area contributed by atoms with Gasteiger partial charge in [0.05, 0.1) is 6.54 Å². The van der Waals surface area contributed by atoms with Crippen molar-refractivity contribution in [3.8, 4) is 18.0 Å². The maximum absolute atomic E-state index is 12.9. The largest absolute Gasteiger partial charge is 0.331 e. The SMILES string of the molecule is C#Cc1cccc(NC(=O)CN(C)C(=O)c2cccn2-c2cccc(I)c2)c1. The molecule has 1 N–H and O–H groups in total. The molecular weight excluding hydrogens is 465 g/mol. The Hall–Kier alpha value is -3.05. The molecule has 0 unspecified atom stereocenters. The molecule has 2 amide bonds. The van der Waals surface area contributed by atoms with Gasteiger partial charge in [-0.15, -0.1) is 6.42 Å². The third kappa shape index (κ3) is 4.61. The lowest BCUT2D eigenvalue weighted by atomic mass is 10.2. The highest BCUT2D eigenvalue weighted by atomic mass is 127. The van der Waals surface area contributed by atoms with E-state index in [1.165, 1.54) is 4.90 Å². The Kier molecular flexibility index (Phi) is 6.16. The van der Waals surface area contributed by atoms with E-state index in [0.717, 1.165) is 9.26 Å². The molecule has 2 aromatic carbocycles. The molecule has 0 aliphatic heterocycles. The number of hydrogen-bond donors (Lipinski definition) is 1. The van der Waals surface area contributed by atoms with Gasteiger partial charge >= 0.3 is 0 Å². The fraction of sp³-hybridized carbons (Fsp3) is 0.0909. The molecule has 0 atom stereocenters. The highest BCUT2D eigenvalue weighted by Crippen LogP contribution is 2.17. The molecule has 0 radical (unpaired) electrons. The summed E-state index contributed by atoms with van der Waals surface area (Å²) in [5.74, 6) is 1.99. The quantitative estimate of drug-likeness (QED) is 0.444. The van der Waals surface area contributed by atoms with Crippen molar-refractivity contribution in [2.75, 3.05) is 18.9 Å². The number of rotatable bonds is 5. The van der Waals surface area contributed by atoms with Gasteiger partial charge in [0.1, 0.15) is 5.69 Å². The lowest BCUT2D eigenvalue weighted by molar-refractivity contribution is -0.116. The maximum atomic E-state index is 12.9. The molecular formula is C22H18IN3O2. The smallest absolute Gasteiger partial charge is 0.271 e. The number of carbonyl (C=O) groups excluding carboxylic acids is 2. The van der Waals surface area contributed by atoms with E-state index in [-0.39, 0.29) is 18.4 Å². The van der Waals surface area contributed by atoms with E-state index in [4.69, 9.17) is 6.42 Å². The van der Waals surface area contributed by atoms with E-state index in [1.54, 1.807) is 37.4 Å². The van der Waals surface area contributed by atoms with Crippen molar-refractivity contribution >= 4 is 40.1 Å². The zero-order chi connectivity index (χ0) is 20.1. The minimum absolute atomic E-state index is 0.0728. The average Bonchev–Trinajstić information content (AvgIpc) is 3.17. The molecule has 5 nitrogen and oxygen atoms in total. The number of hydrogen-bond acceptors (Lipinski definition) is 2. The number of benzene rings is 2. The Balaban J connectivity index is 1.71. The predicted octanol–water partition coefficient (Wildman–Crippen LogP) is 3.77. The number of carbonyl (C=O) groups is 2. The first-order valence-electron chi connectivity index (χ1n) is 8.53. The van der Waals surface area contributed by atoms with E-state index in [9.17, 15) is 9.59 Å². The first-order chi connectivity index (χ1) is 13.5. The average molecular weight is 483 g/mol. The minimum Gasteiger partial charge on any atom is -0.331 e. The van der Waals surface area contributed by atoms with E-state index in [1.807, 2.05) is 41.1 Å². The summed E-state index contributed by atoms with van der Waals surface area (Å²) in [6.07, 6.45) is 7.21. The number of anilines is 1. The third-order valence-electron chi connectivity index (χ3n) is 4.09. The topological polar surface area (TPSA) is 54.3 Å². The molecule has 1 heterocycles. The highest BCUT2D eigenvalue weighted by Gasteiger charge is 2.19. The molecule has 28 heavy (non-hydrogen) atoms. The molecule has 0 fully saturated rings. The Morgan fingerprint density at radius 2 is 1.93 bits per heavy atom. The van der Waals surface area contributed by atoms with E-state index in [2.05, 4.69) is 33.8 Å². The van der Waals surface area contributed by atoms with Crippen LogP contribution in [0.25, 0.3) is 5.69 Å². The summed E-state index contributed by atoms with van der Waals surface area (Å²) in [5.41, 5.74) is 2.66. The van der Waals surface area contributed by atoms with Crippen LogP contribution >= 0.6 is 22.6 Å². The van der Waals surface area contributed by atoms with Gasteiger partial charge < -0.3 is 14.8 Å². The number of aromatic nitrogens is 1. The summed E-state index contributed by atoms with van der Waals surface area (Å²) in [6.45, 7) is -0.0728. The van der Waals surface area contributed by atoms with Crippen LogP contribution in [0.1, 0.15) is 16.1 Å². The van der Waals surface area contributed by atoms with Crippen molar-refractivity contribution in [3.63, 3.8) is 0 Å². The lowest BCUT2D eigenvalue weighted by Crippen LogP contribution is -2.35. The van der Waals surface area contributed by atoms with Crippen molar-refractivity contribution in [2.45, 2.75) is 0 Å². The first-order valence-corrected chi connectivity index (χ1v) is 9.61. The fourth-order valence-corrected chi connectivity index (χ4v) is 3.30. The van der Waals surface area contributed by atoms with Crippen LogP contribution in [0.3, 0.4) is 0 Å². The van der Waals surface area contributed by atoms with Crippen LogP contribution in [0, 0.1) is 15.9 Å². The molecule has 3 aromatic rings. The van der Waals surface area contributed by atoms with Crippen LogP contribution < -0.4 is 5.32 Å². The second-order valence-corrected chi connectivity index (χ2v) is 7.42. The number of likely N-dealkylation sites (N-methyl/N-ethyl adjacent to an activating group) is 1. The van der Waals surface area contributed by atoms with Gasteiger partial charge in [-0.05, 0) is 71.1 Å². The molecule has 0 aliphatic rings. The molecule has 3 rings (SSSR count). The van der Waals surface area contributed by atoms with Gasteiger partial charge in [-0.2, -0.15) is 0 Å².